The van der Waals surface area contributed by atoms with Crippen LogP contribution in [0.1, 0.15) is 20.3 Å². The molecule has 0 spiro atoms. The summed E-state index contributed by atoms with van der Waals surface area (Å²) in [6.07, 6.45) is 0.0888. The van der Waals surface area contributed by atoms with Crippen LogP contribution in [0.2, 0.25) is 0 Å². The molecule has 58 valence electrons. The first-order valence-corrected chi connectivity index (χ1v) is 3.28. The highest BCUT2D eigenvalue weighted by molar-refractivity contribution is 5.72. The van der Waals surface area contributed by atoms with Gasteiger partial charge in [-0.2, -0.15) is 0 Å². The molecule has 1 saturated heterocycles. The molecule has 3 nitrogen and oxygen atoms in total. The van der Waals surface area contributed by atoms with Gasteiger partial charge >= 0.3 is 5.97 Å². The number of methoxy groups -OCH3 is 1. The van der Waals surface area contributed by atoms with E-state index >= 15 is 0 Å². The minimum atomic E-state index is -0.361. The Morgan fingerprint density at radius 1 is 1.70 bits per heavy atom. The number of hydrogen-bond acceptors (Lipinski definition) is 3. The maximum atomic E-state index is 10.7. The smallest absolute Gasteiger partial charge is 0.308 e. The van der Waals surface area contributed by atoms with E-state index in [9.17, 15) is 4.79 Å². The molecule has 1 fully saturated rings. The van der Waals surface area contributed by atoms with Crippen LogP contribution in [0.5, 0.6) is 0 Å². The molecule has 0 aromatic rings. The van der Waals surface area contributed by atoms with Crippen LogP contribution in [0.15, 0.2) is 0 Å². The van der Waals surface area contributed by atoms with Crippen LogP contribution in [0.25, 0.3) is 0 Å². The van der Waals surface area contributed by atoms with Gasteiger partial charge < -0.3 is 9.47 Å². The van der Waals surface area contributed by atoms with E-state index < -0.39 is 0 Å². The lowest BCUT2D eigenvalue weighted by Gasteiger charge is -2.21. The summed E-state index contributed by atoms with van der Waals surface area (Å²) >= 11 is 0. The molecule has 0 aromatic carbocycles. The predicted octanol–water partition coefficient (Wildman–Crippen LogP) is 0.932. The van der Waals surface area contributed by atoms with Gasteiger partial charge in [0.25, 0.3) is 0 Å². The zero-order chi connectivity index (χ0) is 7.78. The average molecular weight is 144 g/mol. The molecule has 0 N–H and O–H groups in total. The Labute approximate surface area is 60.3 Å². The fourth-order valence-electron chi connectivity index (χ4n) is 1.14. The van der Waals surface area contributed by atoms with Crippen molar-refractivity contribution in [1.29, 1.82) is 0 Å². The number of cyclic esters (lactones) is 1. The molecule has 0 aromatic heterocycles. The van der Waals surface area contributed by atoms with Crippen molar-refractivity contribution >= 4 is 5.97 Å². The Balaban J connectivity index is 2.67. The molecule has 0 bridgehead atoms. The molecular weight excluding hydrogens is 132 g/mol. The molecule has 1 unspecified atom stereocenters. The molecule has 1 heterocycles. The van der Waals surface area contributed by atoms with E-state index in [-0.39, 0.29) is 17.7 Å². The van der Waals surface area contributed by atoms with Crippen LogP contribution < -0.4 is 0 Å². The highest BCUT2D eigenvalue weighted by Crippen LogP contribution is 2.34. The van der Waals surface area contributed by atoms with Crippen LogP contribution >= 0.6 is 0 Å². The van der Waals surface area contributed by atoms with Gasteiger partial charge in [0.15, 0.2) is 0 Å². The van der Waals surface area contributed by atoms with Gasteiger partial charge in [-0.1, -0.05) is 13.8 Å². The monoisotopic (exact) mass is 144 g/mol. The van der Waals surface area contributed by atoms with Gasteiger partial charge in [-0.3, -0.25) is 4.79 Å². The minimum Gasteiger partial charge on any atom is -0.435 e. The summed E-state index contributed by atoms with van der Waals surface area (Å²) in [7, 11) is 1.55. The highest BCUT2D eigenvalue weighted by atomic mass is 16.7. The number of esters is 1. The number of carbonyl (C=O) groups is 1. The second-order valence-electron chi connectivity index (χ2n) is 3.22. The summed E-state index contributed by atoms with van der Waals surface area (Å²) in [6.45, 7) is 3.90. The third-order valence-electron chi connectivity index (χ3n) is 1.69. The fourth-order valence-corrected chi connectivity index (χ4v) is 1.14. The van der Waals surface area contributed by atoms with E-state index in [1.807, 2.05) is 13.8 Å². The first-order chi connectivity index (χ1) is 4.56. The Hall–Kier alpha value is -0.570. The van der Waals surface area contributed by atoms with Crippen LogP contribution in [-0.2, 0) is 14.3 Å². The standard InChI is InChI=1S/C7H12O3/c1-7(2)4-5(8)10-6(7)9-3/h6H,4H2,1-3H3. The third kappa shape index (κ3) is 1.14. The second-order valence-corrected chi connectivity index (χ2v) is 3.22. The summed E-state index contributed by atoms with van der Waals surface area (Å²) in [5.41, 5.74) is -0.161. The number of carbonyl (C=O) groups excluding carboxylic acids is 1. The van der Waals surface area contributed by atoms with E-state index in [2.05, 4.69) is 0 Å². The van der Waals surface area contributed by atoms with Gasteiger partial charge in [-0.05, 0) is 0 Å². The Bertz CT molecular complexity index is 151. The summed E-state index contributed by atoms with van der Waals surface area (Å²) in [5, 5.41) is 0. The number of rotatable bonds is 1. The van der Waals surface area contributed by atoms with Gasteiger partial charge in [0.2, 0.25) is 6.29 Å². The Kier molecular flexibility index (Phi) is 1.68. The maximum Gasteiger partial charge on any atom is 0.308 e. The molecule has 1 aliphatic rings. The van der Waals surface area contributed by atoms with Crippen molar-refractivity contribution in [1.82, 2.24) is 0 Å². The predicted molar refractivity (Wildman–Crippen MR) is 35.3 cm³/mol. The first-order valence-electron chi connectivity index (χ1n) is 3.28. The SMILES string of the molecule is COC1OC(=O)CC1(C)C. The Morgan fingerprint density at radius 3 is 2.50 bits per heavy atom. The van der Waals surface area contributed by atoms with Crippen LogP contribution in [-0.4, -0.2) is 19.4 Å². The van der Waals surface area contributed by atoms with Gasteiger partial charge in [-0.15, -0.1) is 0 Å². The molecule has 1 atom stereocenters. The van der Waals surface area contributed by atoms with Crippen molar-refractivity contribution < 1.29 is 14.3 Å². The molecule has 0 amide bonds. The molecule has 1 aliphatic heterocycles. The van der Waals surface area contributed by atoms with E-state index in [0.29, 0.717) is 6.42 Å². The summed E-state index contributed by atoms with van der Waals surface area (Å²) in [4.78, 5) is 10.7. The number of ether oxygens (including phenoxy) is 2. The lowest BCUT2D eigenvalue weighted by atomic mass is 9.91. The molecule has 3 heteroatoms. The molecule has 0 radical (unpaired) electrons. The van der Waals surface area contributed by atoms with Crippen molar-refractivity contribution in [2.45, 2.75) is 26.6 Å². The van der Waals surface area contributed by atoms with Gasteiger partial charge in [0.05, 0.1) is 6.42 Å². The van der Waals surface area contributed by atoms with Crippen molar-refractivity contribution in [3.05, 3.63) is 0 Å². The topological polar surface area (TPSA) is 35.5 Å². The minimum absolute atomic E-state index is 0.161. The quantitative estimate of drug-likeness (QED) is 0.513. The van der Waals surface area contributed by atoms with Crippen molar-refractivity contribution in [3.8, 4) is 0 Å². The summed E-state index contributed by atoms with van der Waals surface area (Å²) in [6, 6.07) is 0. The zero-order valence-electron chi connectivity index (χ0n) is 6.51. The zero-order valence-corrected chi connectivity index (χ0v) is 6.51. The summed E-state index contributed by atoms with van der Waals surface area (Å²) in [5.74, 6) is -0.170. The van der Waals surface area contributed by atoms with Gasteiger partial charge in [-0.25, -0.2) is 0 Å². The lowest BCUT2D eigenvalue weighted by Crippen LogP contribution is -2.25. The van der Waals surface area contributed by atoms with Gasteiger partial charge in [0.1, 0.15) is 0 Å². The maximum absolute atomic E-state index is 10.7. The third-order valence-corrected chi connectivity index (χ3v) is 1.69. The molecular formula is C7H12O3. The molecule has 10 heavy (non-hydrogen) atoms. The lowest BCUT2D eigenvalue weighted by molar-refractivity contribution is -0.166. The van der Waals surface area contributed by atoms with E-state index in [4.69, 9.17) is 9.47 Å². The number of hydrogen-bond donors (Lipinski definition) is 0. The van der Waals surface area contributed by atoms with Gasteiger partial charge in [0, 0.05) is 12.5 Å². The van der Waals surface area contributed by atoms with E-state index in [1.165, 1.54) is 0 Å². The summed E-state index contributed by atoms with van der Waals surface area (Å²) < 4.78 is 9.82. The average Bonchev–Trinajstić information content (AvgIpc) is 2.04. The van der Waals surface area contributed by atoms with Crippen molar-refractivity contribution in [2.75, 3.05) is 7.11 Å². The van der Waals surface area contributed by atoms with Crippen molar-refractivity contribution in [2.24, 2.45) is 5.41 Å². The van der Waals surface area contributed by atoms with Crippen molar-refractivity contribution in [3.63, 3.8) is 0 Å². The molecule has 0 aliphatic carbocycles. The fraction of sp³-hybridized carbons (Fsp3) is 0.857. The normalized spacial score (nSPS) is 30.3. The van der Waals surface area contributed by atoms with Crippen LogP contribution in [0, 0.1) is 5.41 Å². The second kappa shape index (κ2) is 2.23. The Morgan fingerprint density at radius 2 is 2.30 bits per heavy atom. The van der Waals surface area contributed by atoms with Crippen LogP contribution in [0.4, 0.5) is 0 Å². The molecule has 0 saturated carbocycles. The highest BCUT2D eigenvalue weighted by Gasteiger charge is 2.41. The van der Waals surface area contributed by atoms with E-state index in [0.717, 1.165) is 0 Å². The molecule has 1 rings (SSSR count). The van der Waals surface area contributed by atoms with Crippen LogP contribution in [0.3, 0.4) is 0 Å². The van der Waals surface area contributed by atoms with E-state index in [1.54, 1.807) is 7.11 Å². The largest absolute Gasteiger partial charge is 0.435 e. The first kappa shape index (κ1) is 7.54.